The molecule has 1 aromatic carbocycles. The van der Waals surface area contributed by atoms with Crippen LogP contribution in [0.1, 0.15) is 97.6 Å². The maximum Gasteiger partial charge on any atom is 0.340 e. The van der Waals surface area contributed by atoms with Gasteiger partial charge in [0.05, 0.1) is 29.3 Å². The average molecular weight is 618 g/mol. The molecule has 0 amide bonds. The predicted octanol–water partition coefficient (Wildman–Crippen LogP) is 7.56. The van der Waals surface area contributed by atoms with Crippen LogP contribution in [0.15, 0.2) is 54.9 Å². The third-order valence-corrected chi connectivity index (χ3v) is 8.49. The third kappa shape index (κ3) is 8.82. The summed E-state index contributed by atoms with van der Waals surface area (Å²) in [5.74, 6) is 0.129. The fraction of sp³-hybridized carbons (Fsp3) is 0.541. The van der Waals surface area contributed by atoms with Gasteiger partial charge in [0, 0.05) is 36.1 Å². The van der Waals surface area contributed by atoms with E-state index in [1.807, 2.05) is 90.2 Å². The van der Waals surface area contributed by atoms with E-state index in [4.69, 9.17) is 24.2 Å². The summed E-state index contributed by atoms with van der Waals surface area (Å²) < 4.78 is 18.3. The van der Waals surface area contributed by atoms with Crippen LogP contribution >= 0.6 is 0 Å². The van der Waals surface area contributed by atoms with Gasteiger partial charge in [0.25, 0.3) is 0 Å². The van der Waals surface area contributed by atoms with Crippen molar-refractivity contribution in [2.24, 2.45) is 5.41 Å². The van der Waals surface area contributed by atoms with E-state index in [1.54, 1.807) is 13.1 Å². The molecule has 3 heterocycles. The lowest BCUT2D eigenvalue weighted by Gasteiger charge is -2.41. The van der Waals surface area contributed by atoms with Crippen LogP contribution in [0, 0.1) is 12.3 Å². The predicted molar refractivity (Wildman–Crippen MR) is 178 cm³/mol. The highest BCUT2D eigenvalue weighted by molar-refractivity contribution is 5.86. The van der Waals surface area contributed by atoms with E-state index >= 15 is 0 Å². The van der Waals surface area contributed by atoms with Crippen molar-refractivity contribution < 1.29 is 24.1 Å². The molecule has 0 aliphatic carbocycles. The first-order valence-electron chi connectivity index (χ1n) is 16.1. The van der Waals surface area contributed by atoms with E-state index in [1.165, 1.54) is 0 Å². The fourth-order valence-electron chi connectivity index (χ4n) is 5.44. The highest BCUT2D eigenvalue weighted by atomic mass is 16.6. The Balaban J connectivity index is 1.75. The fourth-order valence-corrected chi connectivity index (χ4v) is 5.44. The molecule has 3 atom stereocenters. The van der Waals surface area contributed by atoms with Gasteiger partial charge < -0.3 is 24.2 Å². The Morgan fingerprint density at radius 1 is 1.02 bits per heavy atom. The molecule has 8 heteroatoms. The second kappa shape index (κ2) is 13.9. The summed E-state index contributed by atoms with van der Waals surface area (Å²) in [6, 6.07) is 13.2. The topological polar surface area (TPSA) is 94.0 Å². The molecule has 244 valence electrons. The summed E-state index contributed by atoms with van der Waals surface area (Å²) in [6.45, 7) is 19.7. The maximum atomic E-state index is 13.8. The molecule has 0 radical (unpaired) electrons. The Labute approximate surface area is 269 Å². The van der Waals surface area contributed by atoms with Gasteiger partial charge in [-0.2, -0.15) is 0 Å². The van der Waals surface area contributed by atoms with Crippen LogP contribution in [-0.4, -0.2) is 52.4 Å². The lowest BCUT2D eigenvalue weighted by Crippen LogP contribution is -2.39. The van der Waals surface area contributed by atoms with Gasteiger partial charge in [-0.3, -0.25) is 9.97 Å². The van der Waals surface area contributed by atoms with Crippen LogP contribution in [-0.2, 0) is 19.9 Å². The second-order valence-electron chi connectivity index (χ2n) is 14.2. The van der Waals surface area contributed by atoms with Crippen LogP contribution in [0.2, 0.25) is 0 Å². The first kappa shape index (κ1) is 34.4. The van der Waals surface area contributed by atoms with Crippen LogP contribution in [0.5, 0.6) is 5.75 Å². The highest BCUT2D eigenvalue weighted by Crippen LogP contribution is 2.43. The standard InChI is InChI=1S/C37H51N3O5/c1-10-25(2)44-34(41)33(45-35(4,5)6)31-26(3)38-23-29(32(31)40-20-18-36(7,8)19-21-40)30-17-16-28(22-39-30)43-24-37(9,42)27-14-12-11-13-15-27/h11-17,22-23,25,33,42H,10,18-21,24H2,1-9H3/t25?,33-,37-/m0/s1. The first-order chi connectivity index (χ1) is 21.1. The molecule has 0 bridgehead atoms. The molecule has 4 rings (SSSR count). The van der Waals surface area contributed by atoms with Crippen LogP contribution < -0.4 is 9.64 Å². The Morgan fingerprint density at radius 3 is 2.27 bits per heavy atom. The summed E-state index contributed by atoms with van der Waals surface area (Å²) in [5.41, 5.74) is 3.11. The van der Waals surface area contributed by atoms with Crippen LogP contribution in [0.3, 0.4) is 0 Å². The van der Waals surface area contributed by atoms with Crippen molar-refractivity contribution in [2.75, 3.05) is 24.6 Å². The molecule has 3 aromatic rings. The number of aryl methyl sites for hydroxylation is 1. The van der Waals surface area contributed by atoms with Crippen molar-refractivity contribution in [3.63, 3.8) is 0 Å². The largest absolute Gasteiger partial charge is 0.489 e. The quantitative estimate of drug-likeness (QED) is 0.220. The molecule has 8 nitrogen and oxygen atoms in total. The van der Waals surface area contributed by atoms with Gasteiger partial charge >= 0.3 is 5.97 Å². The number of hydrogen-bond acceptors (Lipinski definition) is 8. The minimum absolute atomic E-state index is 0.0766. The minimum Gasteiger partial charge on any atom is -0.489 e. The van der Waals surface area contributed by atoms with Crippen molar-refractivity contribution in [1.29, 1.82) is 0 Å². The second-order valence-corrected chi connectivity index (χ2v) is 14.2. The molecule has 1 saturated heterocycles. The number of aliphatic hydroxyl groups is 1. The summed E-state index contributed by atoms with van der Waals surface area (Å²) in [7, 11) is 0. The van der Waals surface area contributed by atoms with Gasteiger partial charge in [-0.05, 0) is 83.9 Å². The molecule has 45 heavy (non-hydrogen) atoms. The number of rotatable bonds is 11. The van der Waals surface area contributed by atoms with Gasteiger partial charge in [-0.25, -0.2) is 4.79 Å². The molecule has 0 saturated carbocycles. The number of carbonyl (C=O) groups excluding carboxylic acids is 1. The monoisotopic (exact) mass is 617 g/mol. The Kier molecular flexibility index (Phi) is 10.6. The molecule has 2 aromatic heterocycles. The summed E-state index contributed by atoms with van der Waals surface area (Å²) in [6.07, 6.45) is 5.03. The maximum absolute atomic E-state index is 13.8. The van der Waals surface area contributed by atoms with Gasteiger partial charge in [0.2, 0.25) is 0 Å². The SMILES string of the molecule is CCC(C)OC(=O)[C@@H](OC(C)(C)C)c1c(C)ncc(-c2ccc(OC[C@](C)(O)c3ccccc3)cn2)c1N1CCC(C)(C)CC1. The number of ether oxygens (including phenoxy) is 3. The average Bonchev–Trinajstić information content (AvgIpc) is 2.99. The zero-order chi connectivity index (χ0) is 33.0. The molecule has 0 spiro atoms. The Hall–Kier alpha value is -3.49. The van der Waals surface area contributed by atoms with E-state index in [2.05, 4.69) is 18.7 Å². The van der Waals surface area contributed by atoms with Crippen LogP contribution in [0.25, 0.3) is 11.3 Å². The number of pyridine rings is 2. The molecule has 1 aliphatic rings. The van der Waals surface area contributed by atoms with E-state index in [9.17, 15) is 9.90 Å². The van der Waals surface area contributed by atoms with E-state index < -0.39 is 23.3 Å². The van der Waals surface area contributed by atoms with Gasteiger partial charge in [-0.1, -0.05) is 51.1 Å². The van der Waals surface area contributed by atoms with Gasteiger partial charge in [0.1, 0.15) is 18.0 Å². The minimum atomic E-state index is -1.16. The zero-order valence-corrected chi connectivity index (χ0v) is 28.5. The van der Waals surface area contributed by atoms with Crippen molar-refractivity contribution in [3.8, 4) is 17.0 Å². The Bertz CT molecular complexity index is 1420. The van der Waals surface area contributed by atoms with Crippen molar-refractivity contribution in [1.82, 2.24) is 9.97 Å². The number of aromatic nitrogens is 2. The smallest absolute Gasteiger partial charge is 0.340 e. The van der Waals surface area contributed by atoms with Crippen LogP contribution in [0.4, 0.5) is 5.69 Å². The molecular formula is C37H51N3O5. The Morgan fingerprint density at radius 2 is 1.69 bits per heavy atom. The molecule has 1 unspecified atom stereocenters. The number of carbonyl (C=O) groups is 1. The number of nitrogens with zero attached hydrogens (tertiary/aromatic N) is 3. The highest BCUT2D eigenvalue weighted by Gasteiger charge is 2.37. The number of esters is 1. The van der Waals surface area contributed by atoms with E-state index in [0.29, 0.717) is 17.9 Å². The van der Waals surface area contributed by atoms with Crippen molar-refractivity contribution >= 4 is 11.7 Å². The first-order valence-corrected chi connectivity index (χ1v) is 16.1. The van der Waals surface area contributed by atoms with Crippen molar-refractivity contribution in [2.45, 2.75) is 105 Å². The number of benzene rings is 1. The van der Waals surface area contributed by atoms with Crippen molar-refractivity contribution in [3.05, 3.63) is 71.7 Å². The third-order valence-electron chi connectivity index (χ3n) is 8.49. The summed E-state index contributed by atoms with van der Waals surface area (Å²) in [4.78, 5) is 25.7. The molecule has 1 aliphatic heterocycles. The number of hydrogen-bond donors (Lipinski definition) is 1. The normalized spacial score (nSPS) is 17.7. The molecular weight excluding hydrogens is 566 g/mol. The van der Waals surface area contributed by atoms with E-state index in [0.717, 1.165) is 54.0 Å². The lowest BCUT2D eigenvalue weighted by atomic mass is 9.82. The molecule has 1 fully saturated rings. The summed E-state index contributed by atoms with van der Waals surface area (Å²) >= 11 is 0. The molecule has 1 N–H and O–H groups in total. The zero-order valence-electron chi connectivity index (χ0n) is 28.5. The van der Waals surface area contributed by atoms with Gasteiger partial charge in [-0.15, -0.1) is 0 Å². The summed E-state index contributed by atoms with van der Waals surface area (Å²) in [5, 5.41) is 11.0. The van der Waals surface area contributed by atoms with Gasteiger partial charge in [0.15, 0.2) is 6.10 Å². The lowest BCUT2D eigenvalue weighted by molar-refractivity contribution is -0.172. The number of piperidine rings is 1. The van der Waals surface area contributed by atoms with E-state index in [-0.39, 0.29) is 18.1 Å². The number of anilines is 1.